The largest absolute Gasteiger partial charge is 0.466 e. The Labute approximate surface area is 76.9 Å². The summed E-state index contributed by atoms with van der Waals surface area (Å²) in [4.78, 5) is 20.8. The first-order valence-electron chi connectivity index (χ1n) is 2.61. The van der Waals surface area contributed by atoms with Crippen molar-refractivity contribution in [3.63, 3.8) is 0 Å². The number of carbonyl (C=O) groups is 2. The molecule has 6 heteroatoms. The molecule has 0 fully saturated rings. The molecule has 0 bridgehead atoms. The van der Waals surface area contributed by atoms with Crippen LogP contribution in [0.2, 0.25) is 0 Å². The minimum atomic E-state index is -1.03. The zero-order valence-electron chi connectivity index (χ0n) is 5.67. The van der Waals surface area contributed by atoms with E-state index in [1.54, 1.807) is 0 Å². The number of carbonyl (C=O) groups excluding carboxylic acids is 2. The summed E-state index contributed by atoms with van der Waals surface area (Å²) in [6, 6.07) is 0. The average Bonchev–Trinajstić information content (AvgIpc) is 1.98. The number of alkyl halides is 1. The molecule has 0 rings (SSSR count). The van der Waals surface area contributed by atoms with Crippen LogP contribution in [-0.2, 0) is 14.3 Å². The fourth-order valence-electron chi connectivity index (χ4n) is 0.386. The number of methoxy groups -OCH3 is 1. The van der Waals surface area contributed by atoms with Gasteiger partial charge < -0.3 is 9.47 Å². The second-order valence-electron chi connectivity index (χ2n) is 1.52. The molecular formula is C5H6BrClO4. The highest BCUT2D eigenvalue weighted by molar-refractivity contribution is 9.09. The normalized spacial score (nSPS) is 11.9. The third kappa shape index (κ3) is 4.21. The molecule has 0 aromatic rings. The maximum Gasteiger partial charge on any atom is 0.404 e. The Bertz CT molecular complexity index is 161. The Morgan fingerprint density at radius 3 is 2.45 bits per heavy atom. The van der Waals surface area contributed by atoms with Crippen LogP contribution >= 0.6 is 27.5 Å². The highest BCUT2D eigenvalue weighted by Gasteiger charge is 2.21. The third-order valence-corrected chi connectivity index (χ3v) is 1.52. The van der Waals surface area contributed by atoms with Crippen LogP contribution in [0.25, 0.3) is 0 Å². The van der Waals surface area contributed by atoms with Crippen LogP contribution in [0.3, 0.4) is 0 Å². The molecule has 0 aliphatic heterocycles. The molecule has 4 nitrogen and oxygen atoms in total. The van der Waals surface area contributed by atoms with E-state index in [0.29, 0.717) is 0 Å². The molecular weight excluding hydrogens is 239 g/mol. The van der Waals surface area contributed by atoms with Gasteiger partial charge in [-0.3, -0.25) is 0 Å². The predicted octanol–water partition coefficient (Wildman–Crippen LogP) is 1.30. The summed E-state index contributed by atoms with van der Waals surface area (Å²) < 4.78 is 8.66. The van der Waals surface area contributed by atoms with E-state index in [-0.39, 0.29) is 5.33 Å². The Morgan fingerprint density at radius 1 is 1.64 bits per heavy atom. The van der Waals surface area contributed by atoms with Gasteiger partial charge in [-0.15, -0.1) is 0 Å². The molecule has 1 unspecified atom stereocenters. The number of rotatable bonds is 3. The van der Waals surface area contributed by atoms with Gasteiger partial charge >= 0.3 is 11.4 Å². The van der Waals surface area contributed by atoms with Gasteiger partial charge in [0, 0.05) is 11.6 Å². The number of esters is 1. The Balaban J connectivity index is 3.94. The van der Waals surface area contributed by atoms with Gasteiger partial charge in [0.1, 0.15) is 0 Å². The molecule has 64 valence electrons. The molecule has 0 saturated carbocycles. The van der Waals surface area contributed by atoms with E-state index < -0.39 is 17.5 Å². The lowest BCUT2D eigenvalue weighted by molar-refractivity contribution is -0.148. The van der Waals surface area contributed by atoms with Crippen LogP contribution in [-0.4, -0.2) is 29.9 Å². The highest BCUT2D eigenvalue weighted by Crippen LogP contribution is 2.02. The summed E-state index contributed by atoms with van der Waals surface area (Å²) in [5.74, 6) is -0.643. The van der Waals surface area contributed by atoms with E-state index in [4.69, 9.17) is 11.6 Å². The third-order valence-electron chi connectivity index (χ3n) is 0.839. The van der Waals surface area contributed by atoms with Crippen molar-refractivity contribution < 1.29 is 19.1 Å². The Kier molecular flexibility index (Phi) is 5.23. The summed E-state index contributed by atoms with van der Waals surface area (Å²) in [5, 5.41) is 0.165. The van der Waals surface area contributed by atoms with E-state index in [1.807, 2.05) is 0 Å². The first-order chi connectivity index (χ1) is 5.11. The predicted molar refractivity (Wildman–Crippen MR) is 41.9 cm³/mol. The van der Waals surface area contributed by atoms with Gasteiger partial charge in [-0.05, 0) is 0 Å². The lowest BCUT2D eigenvalue weighted by atomic mass is 10.4. The van der Waals surface area contributed by atoms with Crippen molar-refractivity contribution >= 4 is 38.9 Å². The van der Waals surface area contributed by atoms with Crippen molar-refractivity contribution in [2.75, 3.05) is 12.4 Å². The van der Waals surface area contributed by atoms with Crippen molar-refractivity contribution in [2.45, 2.75) is 6.10 Å². The SMILES string of the molecule is COC(=O)C(CBr)OC(=O)Cl. The van der Waals surface area contributed by atoms with E-state index in [1.165, 1.54) is 7.11 Å². The van der Waals surface area contributed by atoms with Gasteiger partial charge in [-0.25, -0.2) is 9.59 Å². The summed E-state index contributed by atoms with van der Waals surface area (Å²) in [6.45, 7) is 0. The number of hydrogen-bond donors (Lipinski definition) is 0. The minimum absolute atomic E-state index is 0.165. The van der Waals surface area contributed by atoms with Crippen LogP contribution in [0.5, 0.6) is 0 Å². The zero-order valence-corrected chi connectivity index (χ0v) is 8.02. The van der Waals surface area contributed by atoms with Gasteiger partial charge in [0.15, 0.2) is 0 Å². The van der Waals surface area contributed by atoms with Gasteiger partial charge in [0.2, 0.25) is 6.10 Å². The van der Waals surface area contributed by atoms with Crippen molar-refractivity contribution in [1.82, 2.24) is 0 Å². The van der Waals surface area contributed by atoms with Gasteiger partial charge in [-0.1, -0.05) is 15.9 Å². The molecule has 0 aliphatic rings. The molecule has 0 radical (unpaired) electrons. The van der Waals surface area contributed by atoms with Gasteiger partial charge in [-0.2, -0.15) is 0 Å². The highest BCUT2D eigenvalue weighted by atomic mass is 79.9. The fraction of sp³-hybridized carbons (Fsp3) is 0.600. The first kappa shape index (κ1) is 10.7. The van der Waals surface area contributed by atoms with Crippen LogP contribution in [0, 0.1) is 0 Å². The number of hydrogen-bond acceptors (Lipinski definition) is 4. The summed E-state index contributed by atoms with van der Waals surface area (Å²) in [5.41, 5.74) is -1.03. The molecule has 0 aromatic heterocycles. The van der Waals surface area contributed by atoms with Gasteiger partial charge in [0.25, 0.3) is 0 Å². The standard InChI is InChI=1S/C5H6BrClO4/c1-10-4(8)3(2-6)11-5(7)9/h3H,2H2,1H3. The summed E-state index contributed by atoms with van der Waals surface area (Å²) >= 11 is 7.81. The van der Waals surface area contributed by atoms with Gasteiger partial charge in [0.05, 0.1) is 12.4 Å². The number of halogens is 2. The second-order valence-corrected chi connectivity index (χ2v) is 2.48. The Morgan fingerprint density at radius 2 is 2.18 bits per heavy atom. The maximum absolute atomic E-state index is 10.7. The van der Waals surface area contributed by atoms with E-state index in [0.717, 1.165) is 0 Å². The molecule has 0 aliphatic carbocycles. The average molecular weight is 245 g/mol. The Hall–Kier alpha value is -0.290. The quantitative estimate of drug-likeness (QED) is 0.427. The van der Waals surface area contributed by atoms with Crippen LogP contribution in [0.1, 0.15) is 0 Å². The van der Waals surface area contributed by atoms with Crippen LogP contribution in [0.15, 0.2) is 0 Å². The topological polar surface area (TPSA) is 52.6 Å². The van der Waals surface area contributed by atoms with Crippen molar-refractivity contribution in [1.29, 1.82) is 0 Å². The zero-order chi connectivity index (χ0) is 8.85. The number of ether oxygens (including phenoxy) is 2. The lowest BCUT2D eigenvalue weighted by Gasteiger charge is -2.09. The molecule has 1 atom stereocenters. The molecule has 11 heavy (non-hydrogen) atoms. The van der Waals surface area contributed by atoms with E-state index in [9.17, 15) is 9.59 Å². The molecule has 0 N–H and O–H groups in total. The summed E-state index contributed by atoms with van der Waals surface area (Å²) in [6.07, 6.45) is -0.968. The molecule has 0 aromatic carbocycles. The monoisotopic (exact) mass is 244 g/mol. The van der Waals surface area contributed by atoms with E-state index >= 15 is 0 Å². The van der Waals surface area contributed by atoms with Crippen molar-refractivity contribution in [3.05, 3.63) is 0 Å². The molecule has 0 saturated heterocycles. The lowest BCUT2D eigenvalue weighted by Crippen LogP contribution is -2.27. The van der Waals surface area contributed by atoms with Crippen molar-refractivity contribution in [2.24, 2.45) is 0 Å². The molecule has 0 spiro atoms. The molecule has 0 amide bonds. The smallest absolute Gasteiger partial charge is 0.404 e. The molecule has 0 heterocycles. The van der Waals surface area contributed by atoms with E-state index in [2.05, 4.69) is 25.4 Å². The fourth-order valence-corrected chi connectivity index (χ4v) is 0.890. The first-order valence-corrected chi connectivity index (χ1v) is 4.11. The van der Waals surface area contributed by atoms with Crippen LogP contribution < -0.4 is 0 Å². The van der Waals surface area contributed by atoms with Crippen LogP contribution in [0.4, 0.5) is 4.79 Å². The van der Waals surface area contributed by atoms with Crippen molar-refractivity contribution in [3.8, 4) is 0 Å². The minimum Gasteiger partial charge on any atom is -0.466 e. The summed E-state index contributed by atoms with van der Waals surface area (Å²) in [7, 11) is 1.19. The maximum atomic E-state index is 10.7. The second kappa shape index (κ2) is 5.37.